The Morgan fingerprint density at radius 3 is 1.54 bits per heavy atom. The number of para-hydroxylation sites is 4. The molecule has 0 radical (unpaired) electrons. The predicted octanol–water partition coefficient (Wildman–Crippen LogP) is 9.13. The molecule has 39 heavy (non-hydrogen) atoms. The van der Waals surface area contributed by atoms with E-state index in [4.69, 9.17) is 5.73 Å². The van der Waals surface area contributed by atoms with E-state index in [1.807, 2.05) is 18.2 Å². The third-order valence-corrected chi connectivity index (χ3v) is 7.87. The van der Waals surface area contributed by atoms with Gasteiger partial charge in [-0.25, -0.2) is 0 Å². The van der Waals surface area contributed by atoms with E-state index >= 15 is 0 Å². The summed E-state index contributed by atoms with van der Waals surface area (Å²) in [5, 5.41) is 5.01. The predicted molar refractivity (Wildman–Crippen MR) is 165 cm³/mol. The lowest BCUT2D eigenvalue weighted by molar-refractivity contribution is 1.17. The van der Waals surface area contributed by atoms with Crippen molar-refractivity contribution < 1.29 is 0 Å². The van der Waals surface area contributed by atoms with Crippen LogP contribution in [0.1, 0.15) is 0 Å². The molecule has 0 aliphatic rings. The molecule has 184 valence electrons. The van der Waals surface area contributed by atoms with Crippen LogP contribution in [0, 0.1) is 0 Å². The lowest BCUT2D eigenvalue weighted by Crippen LogP contribution is -1.96. The molecule has 8 rings (SSSR count). The fraction of sp³-hybridized carbons (Fsp3) is 0. The van der Waals surface area contributed by atoms with Gasteiger partial charge in [-0.1, -0.05) is 84.9 Å². The minimum atomic E-state index is 0.785. The first-order valence-electron chi connectivity index (χ1n) is 13.2. The molecule has 0 saturated heterocycles. The average Bonchev–Trinajstić information content (AvgIpc) is 3.50. The van der Waals surface area contributed by atoms with Gasteiger partial charge in [-0.05, 0) is 60.2 Å². The highest BCUT2D eigenvalue weighted by Crippen LogP contribution is 2.37. The maximum absolute atomic E-state index is 6.34. The Labute approximate surface area is 226 Å². The number of hydrogen-bond acceptors (Lipinski definition) is 1. The van der Waals surface area contributed by atoms with Crippen molar-refractivity contribution >= 4 is 49.3 Å². The van der Waals surface area contributed by atoms with Gasteiger partial charge in [0.15, 0.2) is 0 Å². The molecule has 0 fully saturated rings. The molecule has 3 heteroatoms. The lowest BCUT2D eigenvalue weighted by Gasteiger charge is -2.12. The zero-order valence-corrected chi connectivity index (χ0v) is 21.3. The summed E-state index contributed by atoms with van der Waals surface area (Å²) in [5.41, 5.74) is 16.4. The van der Waals surface area contributed by atoms with Crippen LogP contribution in [0.15, 0.2) is 140 Å². The van der Waals surface area contributed by atoms with E-state index in [2.05, 4.69) is 130 Å². The third-order valence-electron chi connectivity index (χ3n) is 7.87. The summed E-state index contributed by atoms with van der Waals surface area (Å²) in [7, 11) is 0. The van der Waals surface area contributed by atoms with Crippen LogP contribution in [-0.4, -0.2) is 9.13 Å². The summed E-state index contributed by atoms with van der Waals surface area (Å²) in [6.07, 6.45) is 0. The van der Waals surface area contributed by atoms with E-state index in [9.17, 15) is 0 Å². The molecule has 0 spiro atoms. The van der Waals surface area contributed by atoms with E-state index in [0.29, 0.717) is 0 Å². The minimum absolute atomic E-state index is 0.785. The number of hydrogen-bond donors (Lipinski definition) is 1. The topological polar surface area (TPSA) is 35.9 Å². The summed E-state index contributed by atoms with van der Waals surface area (Å²) in [6, 6.07) is 49.6. The molecular formula is C36H25N3. The SMILES string of the molecule is Nc1ccccc1-c1cccc(-n2c3ccccc3c3cc(-n4c5ccccc5c5ccccc54)ccc32)c1. The van der Waals surface area contributed by atoms with Gasteiger partial charge in [-0.15, -0.1) is 0 Å². The second kappa shape index (κ2) is 8.37. The fourth-order valence-corrected chi connectivity index (χ4v) is 6.15. The average molecular weight is 500 g/mol. The van der Waals surface area contributed by atoms with Crippen LogP contribution in [0.25, 0.3) is 66.1 Å². The number of nitrogen functional groups attached to an aromatic ring is 1. The Bertz CT molecular complexity index is 2140. The van der Waals surface area contributed by atoms with Crippen molar-refractivity contribution in [3.05, 3.63) is 140 Å². The first-order valence-corrected chi connectivity index (χ1v) is 13.2. The second-order valence-corrected chi connectivity index (χ2v) is 10.1. The minimum Gasteiger partial charge on any atom is -0.398 e. The molecule has 6 aromatic carbocycles. The van der Waals surface area contributed by atoms with Crippen molar-refractivity contribution in [3.63, 3.8) is 0 Å². The lowest BCUT2D eigenvalue weighted by atomic mass is 10.0. The number of benzene rings is 6. The number of aromatic nitrogens is 2. The molecule has 2 heterocycles. The van der Waals surface area contributed by atoms with Crippen LogP contribution in [0.4, 0.5) is 5.69 Å². The maximum atomic E-state index is 6.34. The Morgan fingerprint density at radius 2 is 0.897 bits per heavy atom. The molecule has 2 N–H and O–H groups in total. The molecule has 0 unspecified atom stereocenters. The first-order chi connectivity index (χ1) is 19.3. The number of nitrogens with two attached hydrogens (primary N) is 1. The van der Waals surface area contributed by atoms with Gasteiger partial charge in [0.2, 0.25) is 0 Å². The van der Waals surface area contributed by atoms with Crippen molar-refractivity contribution in [1.82, 2.24) is 9.13 Å². The molecule has 0 amide bonds. The Balaban J connectivity index is 1.39. The number of fused-ring (bicyclic) bond motifs is 6. The molecule has 8 aromatic rings. The van der Waals surface area contributed by atoms with Crippen LogP contribution >= 0.6 is 0 Å². The highest BCUT2D eigenvalue weighted by atomic mass is 15.0. The van der Waals surface area contributed by atoms with Crippen LogP contribution in [0.5, 0.6) is 0 Å². The summed E-state index contributed by atoms with van der Waals surface area (Å²) in [6.45, 7) is 0. The summed E-state index contributed by atoms with van der Waals surface area (Å²) >= 11 is 0. The molecular weight excluding hydrogens is 474 g/mol. The van der Waals surface area contributed by atoms with E-state index in [1.54, 1.807) is 0 Å². The number of anilines is 1. The monoisotopic (exact) mass is 499 g/mol. The van der Waals surface area contributed by atoms with Crippen molar-refractivity contribution in [2.75, 3.05) is 5.73 Å². The van der Waals surface area contributed by atoms with Gasteiger partial charge in [0, 0.05) is 44.2 Å². The highest BCUT2D eigenvalue weighted by molar-refractivity contribution is 6.12. The number of rotatable bonds is 3. The van der Waals surface area contributed by atoms with Gasteiger partial charge in [0.05, 0.1) is 22.1 Å². The standard InChI is InChI=1S/C36H25N3/c37-32-16-5-1-12-27(32)24-10-9-11-25(22-24)38-35-19-8-4-15-30(35)31-23-26(20-21-36(31)38)39-33-17-6-2-13-28(33)29-14-3-7-18-34(29)39/h1-23H,37H2. The van der Waals surface area contributed by atoms with Crippen LogP contribution in [0.3, 0.4) is 0 Å². The van der Waals surface area contributed by atoms with E-state index < -0.39 is 0 Å². The maximum Gasteiger partial charge on any atom is 0.0542 e. The summed E-state index contributed by atoms with van der Waals surface area (Å²) in [5.74, 6) is 0. The molecule has 0 bridgehead atoms. The van der Waals surface area contributed by atoms with Crippen LogP contribution in [0.2, 0.25) is 0 Å². The Kier molecular flexibility index (Phi) is 4.67. The normalized spacial score (nSPS) is 11.7. The van der Waals surface area contributed by atoms with E-state index in [-0.39, 0.29) is 0 Å². The highest BCUT2D eigenvalue weighted by Gasteiger charge is 2.16. The Hall–Kier alpha value is -5.28. The second-order valence-electron chi connectivity index (χ2n) is 10.1. The third kappa shape index (κ3) is 3.23. The smallest absolute Gasteiger partial charge is 0.0542 e. The Morgan fingerprint density at radius 1 is 0.385 bits per heavy atom. The van der Waals surface area contributed by atoms with Crippen LogP contribution in [-0.2, 0) is 0 Å². The number of nitrogens with zero attached hydrogens (tertiary/aromatic N) is 2. The van der Waals surface area contributed by atoms with Gasteiger partial charge < -0.3 is 14.9 Å². The van der Waals surface area contributed by atoms with Crippen molar-refractivity contribution in [3.8, 4) is 22.5 Å². The van der Waals surface area contributed by atoms with Gasteiger partial charge >= 0.3 is 0 Å². The molecule has 2 aromatic heterocycles. The van der Waals surface area contributed by atoms with Crippen LogP contribution < -0.4 is 5.73 Å². The zero-order valence-electron chi connectivity index (χ0n) is 21.3. The molecule has 3 nitrogen and oxygen atoms in total. The summed E-state index contributed by atoms with van der Waals surface area (Å²) < 4.78 is 4.75. The van der Waals surface area contributed by atoms with E-state index in [0.717, 1.165) is 28.2 Å². The van der Waals surface area contributed by atoms with Gasteiger partial charge in [-0.3, -0.25) is 0 Å². The molecule has 0 atom stereocenters. The summed E-state index contributed by atoms with van der Waals surface area (Å²) in [4.78, 5) is 0. The quantitative estimate of drug-likeness (QED) is 0.242. The van der Waals surface area contributed by atoms with Crippen molar-refractivity contribution in [2.45, 2.75) is 0 Å². The first kappa shape index (κ1) is 21.8. The van der Waals surface area contributed by atoms with Gasteiger partial charge in [0.25, 0.3) is 0 Å². The zero-order chi connectivity index (χ0) is 25.9. The molecule has 0 aliphatic heterocycles. The molecule has 0 aliphatic carbocycles. The van der Waals surface area contributed by atoms with Crippen molar-refractivity contribution in [1.29, 1.82) is 0 Å². The van der Waals surface area contributed by atoms with Gasteiger partial charge in [0.1, 0.15) is 0 Å². The largest absolute Gasteiger partial charge is 0.398 e. The van der Waals surface area contributed by atoms with E-state index in [1.165, 1.54) is 43.6 Å². The van der Waals surface area contributed by atoms with Gasteiger partial charge in [-0.2, -0.15) is 0 Å². The fourth-order valence-electron chi connectivity index (χ4n) is 6.15. The van der Waals surface area contributed by atoms with Crippen molar-refractivity contribution in [2.24, 2.45) is 0 Å². The molecule has 0 saturated carbocycles.